The number of amides is 1. The summed E-state index contributed by atoms with van der Waals surface area (Å²) >= 11 is 1.97. The van der Waals surface area contributed by atoms with Gasteiger partial charge in [0.1, 0.15) is 0 Å². The van der Waals surface area contributed by atoms with Crippen molar-refractivity contribution in [3.8, 4) is 0 Å². The van der Waals surface area contributed by atoms with E-state index in [1.807, 2.05) is 16.7 Å². The third-order valence-electron chi connectivity index (χ3n) is 4.42. The van der Waals surface area contributed by atoms with Crippen LogP contribution in [-0.4, -0.2) is 54.2 Å². The molecule has 110 valence electrons. The summed E-state index contributed by atoms with van der Waals surface area (Å²) in [6.07, 6.45) is 2.60. The van der Waals surface area contributed by atoms with Crippen LogP contribution in [0.3, 0.4) is 0 Å². The Morgan fingerprint density at radius 1 is 1.26 bits per heavy atom. The summed E-state index contributed by atoms with van der Waals surface area (Å²) in [5.74, 6) is 1.28. The first-order valence-corrected chi connectivity index (χ1v) is 8.19. The second-order valence-corrected chi connectivity index (χ2v) is 8.05. The van der Waals surface area contributed by atoms with Crippen LogP contribution in [0.1, 0.15) is 33.1 Å². The van der Waals surface area contributed by atoms with Gasteiger partial charge in [-0.2, -0.15) is 11.8 Å². The number of rotatable bonds is 2. The first kappa shape index (κ1) is 15.1. The van der Waals surface area contributed by atoms with Gasteiger partial charge in [-0.15, -0.1) is 0 Å². The number of nitrogens with zero attached hydrogens (tertiary/aromatic N) is 1. The van der Waals surface area contributed by atoms with E-state index in [9.17, 15) is 4.79 Å². The summed E-state index contributed by atoms with van der Waals surface area (Å²) in [7, 11) is 0. The maximum Gasteiger partial charge on any atom is 0.230 e. The minimum absolute atomic E-state index is 0.261. The molecule has 0 atom stereocenters. The van der Waals surface area contributed by atoms with E-state index in [1.165, 1.54) is 0 Å². The summed E-state index contributed by atoms with van der Waals surface area (Å²) in [5, 5.41) is 0. The molecule has 2 N–H and O–H groups in total. The smallest absolute Gasteiger partial charge is 0.230 e. The van der Waals surface area contributed by atoms with Gasteiger partial charge in [-0.3, -0.25) is 4.79 Å². The van der Waals surface area contributed by atoms with E-state index >= 15 is 0 Å². The molecule has 2 aliphatic heterocycles. The fourth-order valence-electron chi connectivity index (χ4n) is 2.83. The number of hydrogen-bond donors (Lipinski definition) is 1. The second kappa shape index (κ2) is 6.02. The Morgan fingerprint density at radius 3 is 2.58 bits per heavy atom. The van der Waals surface area contributed by atoms with Crippen LogP contribution in [0, 0.1) is 5.41 Å². The number of thioether (sulfide) groups is 1. The van der Waals surface area contributed by atoms with Crippen molar-refractivity contribution in [3.05, 3.63) is 0 Å². The van der Waals surface area contributed by atoms with E-state index in [1.54, 1.807) is 0 Å². The predicted molar refractivity (Wildman–Crippen MR) is 79.3 cm³/mol. The Labute approximate surface area is 120 Å². The molecule has 19 heavy (non-hydrogen) atoms. The lowest BCUT2D eigenvalue weighted by molar-refractivity contribution is -0.147. The highest BCUT2D eigenvalue weighted by atomic mass is 32.2. The zero-order chi connectivity index (χ0) is 13.9. The average Bonchev–Trinajstić information content (AvgIpc) is 2.59. The molecule has 0 aromatic heterocycles. The molecule has 2 heterocycles. The van der Waals surface area contributed by atoms with Crippen LogP contribution >= 0.6 is 11.8 Å². The Hall–Kier alpha value is -0.260. The van der Waals surface area contributed by atoms with E-state index < -0.39 is 0 Å². The maximum absolute atomic E-state index is 12.9. The molecule has 0 saturated carbocycles. The third-order valence-corrected chi connectivity index (χ3v) is 5.79. The fraction of sp³-hybridized carbons (Fsp3) is 0.929. The third kappa shape index (κ3) is 3.44. The minimum atomic E-state index is -0.364. The van der Waals surface area contributed by atoms with E-state index in [0.29, 0.717) is 19.8 Å². The minimum Gasteiger partial charge on any atom is -0.381 e. The monoisotopic (exact) mass is 286 g/mol. The molecule has 0 aliphatic carbocycles. The quantitative estimate of drug-likeness (QED) is 0.835. The van der Waals surface area contributed by atoms with Gasteiger partial charge in [0.05, 0.1) is 5.41 Å². The zero-order valence-corrected chi connectivity index (χ0v) is 12.9. The molecule has 2 aliphatic rings. The van der Waals surface area contributed by atoms with Crippen molar-refractivity contribution in [1.82, 2.24) is 4.90 Å². The van der Waals surface area contributed by atoms with E-state index in [-0.39, 0.29) is 16.1 Å². The van der Waals surface area contributed by atoms with Crippen LogP contribution in [0.2, 0.25) is 0 Å². The fourth-order valence-corrected chi connectivity index (χ4v) is 3.93. The lowest BCUT2D eigenvalue weighted by Gasteiger charge is -2.38. The van der Waals surface area contributed by atoms with Gasteiger partial charge in [0.25, 0.3) is 0 Å². The Balaban J connectivity index is 2.05. The Bertz CT molecular complexity index is 327. The summed E-state index contributed by atoms with van der Waals surface area (Å²) in [6.45, 7) is 8.02. The maximum atomic E-state index is 12.9. The molecule has 2 rings (SSSR count). The molecule has 4 nitrogen and oxygen atoms in total. The standard InChI is InChI=1S/C14H26N2O2S/c1-13(2)3-6-16(7-10-19-13)12(17)14(11-15)4-8-18-9-5-14/h3-11,15H2,1-2H3. The first-order chi connectivity index (χ1) is 8.99. The van der Waals surface area contributed by atoms with E-state index in [0.717, 1.165) is 38.1 Å². The molecule has 2 saturated heterocycles. The first-order valence-electron chi connectivity index (χ1n) is 7.20. The molecule has 0 unspecified atom stereocenters. The summed E-state index contributed by atoms with van der Waals surface area (Å²) in [4.78, 5) is 14.9. The van der Waals surface area contributed by atoms with Gasteiger partial charge >= 0.3 is 0 Å². The predicted octanol–water partition coefficient (Wildman–Crippen LogP) is 1.49. The van der Waals surface area contributed by atoms with Crippen molar-refractivity contribution in [2.45, 2.75) is 37.9 Å². The van der Waals surface area contributed by atoms with Gasteiger partial charge in [0.15, 0.2) is 0 Å². The Morgan fingerprint density at radius 2 is 1.95 bits per heavy atom. The van der Waals surface area contributed by atoms with E-state index in [2.05, 4.69) is 13.8 Å². The Kier molecular flexibility index (Phi) is 4.79. The van der Waals surface area contributed by atoms with Crippen molar-refractivity contribution in [1.29, 1.82) is 0 Å². The molecule has 5 heteroatoms. The summed E-state index contributed by atoms with van der Waals surface area (Å²) < 4.78 is 5.67. The molecule has 2 fully saturated rings. The number of nitrogens with two attached hydrogens (primary N) is 1. The van der Waals surface area contributed by atoms with Gasteiger partial charge in [0.2, 0.25) is 5.91 Å². The molecular weight excluding hydrogens is 260 g/mol. The summed E-state index contributed by atoms with van der Waals surface area (Å²) in [5.41, 5.74) is 5.57. The SMILES string of the molecule is CC1(C)CCN(C(=O)C2(CN)CCOCC2)CCS1. The molecule has 0 aromatic carbocycles. The van der Waals surface area contributed by atoms with Crippen molar-refractivity contribution >= 4 is 17.7 Å². The van der Waals surface area contributed by atoms with Crippen LogP contribution in [0.5, 0.6) is 0 Å². The number of ether oxygens (including phenoxy) is 1. The average molecular weight is 286 g/mol. The van der Waals surface area contributed by atoms with E-state index in [4.69, 9.17) is 10.5 Å². The number of hydrogen-bond acceptors (Lipinski definition) is 4. The highest BCUT2D eigenvalue weighted by Gasteiger charge is 2.42. The van der Waals surface area contributed by atoms with Gasteiger partial charge in [-0.25, -0.2) is 0 Å². The lowest BCUT2D eigenvalue weighted by Crippen LogP contribution is -2.51. The highest BCUT2D eigenvalue weighted by Crippen LogP contribution is 2.35. The van der Waals surface area contributed by atoms with Crippen molar-refractivity contribution in [2.75, 3.05) is 38.6 Å². The molecule has 1 amide bonds. The molecule has 0 spiro atoms. The van der Waals surface area contributed by atoms with Crippen LogP contribution < -0.4 is 5.73 Å². The lowest BCUT2D eigenvalue weighted by atomic mass is 9.78. The normalized spacial score (nSPS) is 26.8. The van der Waals surface area contributed by atoms with Crippen LogP contribution in [0.15, 0.2) is 0 Å². The van der Waals surface area contributed by atoms with Gasteiger partial charge in [0, 0.05) is 43.3 Å². The van der Waals surface area contributed by atoms with Gasteiger partial charge in [-0.1, -0.05) is 13.8 Å². The van der Waals surface area contributed by atoms with Crippen LogP contribution in [-0.2, 0) is 9.53 Å². The highest BCUT2D eigenvalue weighted by molar-refractivity contribution is 8.00. The second-order valence-electron chi connectivity index (χ2n) is 6.25. The van der Waals surface area contributed by atoms with Crippen LogP contribution in [0.4, 0.5) is 0 Å². The zero-order valence-electron chi connectivity index (χ0n) is 12.1. The van der Waals surface area contributed by atoms with Crippen LogP contribution in [0.25, 0.3) is 0 Å². The summed E-state index contributed by atoms with van der Waals surface area (Å²) in [6, 6.07) is 0. The molecule has 0 aromatic rings. The molecule has 0 radical (unpaired) electrons. The van der Waals surface area contributed by atoms with Crippen molar-refractivity contribution in [3.63, 3.8) is 0 Å². The van der Waals surface area contributed by atoms with Gasteiger partial charge in [-0.05, 0) is 19.3 Å². The molecular formula is C14H26N2O2S. The molecule has 0 bridgehead atoms. The topological polar surface area (TPSA) is 55.6 Å². The largest absolute Gasteiger partial charge is 0.381 e. The van der Waals surface area contributed by atoms with Crippen molar-refractivity contribution < 1.29 is 9.53 Å². The van der Waals surface area contributed by atoms with Crippen molar-refractivity contribution in [2.24, 2.45) is 11.1 Å². The number of carbonyl (C=O) groups is 1. The number of carbonyl (C=O) groups excluding carboxylic acids is 1. The van der Waals surface area contributed by atoms with Gasteiger partial charge < -0.3 is 15.4 Å².